The third kappa shape index (κ3) is 7.12. The number of hydrogen-bond donors (Lipinski definition) is 2. The molecule has 0 aliphatic carbocycles. The summed E-state index contributed by atoms with van der Waals surface area (Å²) in [6, 6.07) is 15.6. The number of aryl methyl sites for hydroxylation is 1. The highest BCUT2D eigenvalue weighted by Gasteiger charge is 2.23. The molecule has 0 radical (unpaired) electrons. The number of H-pyrrole nitrogens is 1. The van der Waals surface area contributed by atoms with Crippen molar-refractivity contribution < 1.29 is 14.3 Å². The van der Waals surface area contributed by atoms with E-state index in [0.29, 0.717) is 40.9 Å². The number of ether oxygens (including phenoxy) is 1. The number of carbonyl (C=O) groups excluding carboxylic acids is 2. The number of pyridine rings is 1. The molecule has 0 unspecified atom stereocenters. The maximum atomic E-state index is 13.3. The van der Waals surface area contributed by atoms with Crippen molar-refractivity contribution in [2.24, 2.45) is 5.41 Å². The third-order valence-electron chi connectivity index (χ3n) is 6.59. The lowest BCUT2D eigenvalue weighted by atomic mass is 9.98. The molecular formula is C32H33N5O5. The smallest absolute Gasteiger partial charge is 0.312 e. The minimum Gasteiger partial charge on any atom is -0.443 e. The van der Waals surface area contributed by atoms with Gasteiger partial charge in [0.15, 0.2) is 6.73 Å². The van der Waals surface area contributed by atoms with Crippen LogP contribution in [0, 0.1) is 24.7 Å². The summed E-state index contributed by atoms with van der Waals surface area (Å²) in [4.78, 5) is 58.7. The molecule has 4 aromatic rings. The predicted molar refractivity (Wildman–Crippen MR) is 161 cm³/mol. The molecule has 10 heteroatoms. The zero-order chi connectivity index (χ0) is 30.4. The fourth-order valence-electron chi connectivity index (χ4n) is 4.25. The van der Waals surface area contributed by atoms with Crippen LogP contribution in [0.4, 0.5) is 5.69 Å². The Balaban J connectivity index is 1.51. The van der Waals surface area contributed by atoms with E-state index in [-0.39, 0.29) is 30.3 Å². The molecule has 4 rings (SSSR count). The van der Waals surface area contributed by atoms with Gasteiger partial charge in [-0.15, -0.1) is 6.42 Å². The number of nitrogens with one attached hydrogen (secondary N) is 2. The molecule has 0 saturated carbocycles. The Hall–Kier alpha value is -5.17. The number of benzene rings is 2. The Labute approximate surface area is 243 Å². The van der Waals surface area contributed by atoms with E-state index in [4.69, 9.17) is 11.2 Å². The summed E-state index contributed by atoms with van der Waals surface area (Å²) >= 11 is 0. The monoisotopic (exact) mass is 567 g/mol. The zero-order valence-corrected chi connectivity index (χ0v) is 24.1. The molecule has 42 heavy (non-hydrogen) atoms. The zero-order valence-electron chi connectivity index (χ0n) is 24.1. The Morgan fingerprint density at radius 2 is 1.81 bits per heavy atom. The van der Waals surface area contributed by atoms with E-state index in [2.05, 4.69) is 21.2 Å². The average molecular weight is 568 g/mol. The maximum Gasteiger partial charge on any atom is 0.312 e. The molecule has 216 valence electrons. The van der Waals surface area contributed by atoms with Gasteiger partial charge in [0.2, 0.25) is 5.56 Å². The molecule has 2 aromatic heterocycles. The van der Waals surface area contributed by atoms with Gasteiger partial charge in [0.1, 0.15) is 5.82 Å². The molecule has 0 saturated heterocycles. The van der Waals surface area contributed by atoms with Gasteiger partial charge in [-0.3, -0.25) is 23.7 Å². The SMILES string of the molecule is C#CCN(Cc1ccc2nc(C)n(COC(=O)C(C)(C)C)c(=O)c2c1)c1ccc(C(=O)NCc2cc[nH]c(=O)c2)cc1. The number of terminal acetylenes is 1. The Kier molecular flexibility index (Phi) is 8.91. The number of aromatic nitrogens is 3. The number of rotatable bonds is 9. The molecule has 0 atom stereocenters. The highest BCUT2D eigenvalue weighted by molar-refractivity contribution is 5.94. The van der Waals surface area contributed by atoms with E-state index in [0.717, 1.165) is 11.3 Å². The first-order chi connectivity index (χ1) is 20.0. The highest BCUT2D eigenvalue weighted by Crippen LogP contribution is 2.20. The number of nitrogens with zero attached hydrogens (tertiary/aromatic N) is 3. The van der Waals surface area contributed by atoms with Crippen molar-refractivity contribution in [2.45, 2.75) is 47.5 Å². The van der Waals surface area contributed by atoms with E-state index in [1.807, 2.05) is 23.1 Å². The summed E-state index contributed by atoms with van der Waals surface area (Å²) < 4.78 is 6.71. The van der Waals surface area contributed by atoms with Crippen LogP contribution in [-0.4, -0.2) is 33.0 Å². The van der Waals surface area contributed by atoms with Crippen LogP contribution in [0.5, 0.6) is 0 Å². The van der Waals surface area contributed by atoms with Gasteiger partial charge in [0.25, 0.3) is 11.5 Å². The number of anilines is 1. The van der Waals surface area contributed by atoms with Crippen molar-refractivity contribution in [3.63, 3.8) is 0 Å². The maximum absolute atomic E-state index is 13.3. The molecule has 2 aromatic carbocycles. The molecule has 2 heterocycles. The van der Waals surface area contributed by atoms with Crippen LogP contribution in [0.3, 0.4) is 0 Å². The second-order valence-electron chi connectivity index (χ2n) is 10.9. The summed E-state index contributed by atoms with van der Waals surface area (Å²) in [5, 5.41) is 3.21. The molecule has 10 nitrogen and oxygen atoms in total. The summed E-state index contributed by atoms with van der Waals surface area (Å²) in [5.41, 5.74) is 2.10. The second kappa shape index (κ2) is 12.6. The normalized spacial score (nSPS) is 11.1. The van der Waals surface area contributed by atoms with Crippen LogP contribution in [0.25, 0.3) is 10.9 Å². The van der Waals surface area contributed by atoms with Gasteiger partial charge in [-0.2, -0.15) is 0 Å². The van der Waals surface area contributed by atoms with Gasteiger partial charge < -0.3 is 19.9 Å². The van der Waals surface area contributed by atoms with Gasteiger partial charge in [-0.25, -0.2) is 4.98 Å². The van der Waals surface area contributed by atoms with Crippen LogP contribution in [0.1, 0.15) is 48.1 Å². The number of carbonyl (C=O) groups is 2. The van der Waals surface area contributed by atoms with Crippen molar-refractivity contribution in [3.05, 3.63) is 104 Å². The minimum atomic E-state index is -0.693. The van der Waals surface area contributed by atoms with Crippen LogP contribution >= 0.6 is 0 Å². The fraction of sp³-hybridized carbons (Fsp3) is 0.281. The lowest BCUT2D eigenvalue weighted by Crippen LogP contribution is -2.30. The number of aromatic amines is 1. The standard InChI is InChI=1S/C32H33N5O5/c1-6-15-36(25-10-8-24(9-11-25)29(39)34-18-22-13-14-33-28(38)17-22)19-23-7-12-27-26(16-23)30(40)37(21(2)35-27)20-42-31(41)32(3,4)5/h1,7-14,16-17H,15,18-20H2,2-5H3,(H,33,38)(H,34,39). The predicted octanol–water partition coefficient (Wildman–Crippen LogP) is 3.51. The quantitative estimate of drug-likeness (QED) is 0.234. The topological polar surface area (TPSA) is 126 Å². The number of hydrogen-bond acceptors (Lipinski definition) is 7. The number of fused-ring (bicyclic) bond motifs is 1. The molecule has 0 spiro atoms. The highest BCUT2D eigenvalue weighted by atomic mass is 16.5. The van der Waals surface area contributed by atoms with Crippen LogP contribution in [0.2, 0.25) is 0 Å². The molecular weight excluding hydrogens is 534 g/mol. The number of amides is 1. The van der Waals surface area contributed by atoms with E-state index in [1.54, 1.807) is 58.0 Å². The first kappa shape index (κ1) is 29.8. The van der Waals surface area contributed by atoms with Crippen LogP contribution in [0.15, 0.2) is 70.4 Å². The summed E-state index contributed by atoms with van der Waals surface area (Å²) in [5.74, 6) is 2.42. The Morgan fingerprint density at radius 3 is 2.48 bits per heavy atom. The molecule has 1 amide bonds. The van der Waals surface area contributed by atoms with Crippen LogP contribution in [-0.2, 0) is 29.4 Å². The first-order valence-electron chi connectivity index (χ1n) is 13.4. The molecule has 0 bridgehead atoms. The summed E-state index contributed by atoms with van der Waals surface area (Å²) in [7, 11) is 0. The van der Waals surface area contributed by atoms with E-state index in [9.17, 15) is 19.2 Å². The Bertz CT molecular complexity index is 1780. The molecule has 2 N–H and O–H groups in total. The van der Waals surface area contributed by atoms with Gasteiger partial charge in [-0.05, 0) is 81.3 Å². The van der Waals surface area contributed by atoms with Crippen LogP contribution < -0.4 is 21.3 Å². The van der Waals surface area contributed by atoms with Gasteiger partial charge in [0.05, 0.1) is 22.9 Å². The third-order valence-corrected chi connectivity index (χ3v) is 6.59. The van der Waals surface area contributed by atoms with Crippen molar-refractivity contribution in [2.75, 3.05) is 11.4 Å². The summed E-state index contributed by atoms with van der Waals surface area (Å²) in [6.45, 7) is 7.64. The fourth-order valence-corrected chi connectivity index (χ4v) is 4.25. The largest absolute Gasteiger partial charge is 0.443 e. The van der Waals surface area contributed by atoms with E-state index in [1.165, 1.54) is 16.8 Å². The summed E-state index contributed by atoms with van der Waals surface area (Å²) in [6.07, 6.45) is 7.19. The van der Waals surface area contributed by atoms with Gasteiger partial charge in [0, 0.05) is 36.6 Å². The van der Waals surface area contributed by atoms with Gasteiger partial charge in [-0.1, -0.05) is 12.0 Å². The number of esters is 1. The average Bonchev–Trinajstić information content (AvgIpc) is 2.95. The first-order valence-corrected chi connectivity index (χ1v) is 13.4. The van der Waals surface area contributed by atoms with Crippen molar-refractivity contribution in [1.82, 2.24) is 19.9 Å². The Morgan fingerprint density at radius 1 is 1.07 bits per heavy atom. The molecule has 0 fully saturated rings. The lowest BCUT2D eigenvalue weighted by Gasteiger charge is -2.23. The van der Waals surface area contributed by atoms with Crippen molar-refractivity contribution >= 4 is 28.5 Å². The van der Waals surface area contributed by atoms with Crippen molar-refractivity contribution in [3.8, 4) is 12.3 Å². The van der Waals surface area contributed by atoms with Crippen molar-refractivity contribution in [1.29, 1.82) is 0 Å². The van der Waals surface area contributed by atoms with E-state index < -0.39 is 11.4 Å². The van der Waals surface area contributed by atoms with Gasteiger partial charge >= 0.3 is 5.97 Å². The minimum absolute atomic E-state index is 0.222. The molecule has 0 aliphatic heterocycles. The van der Waals surface area contributed by atoms with E-state index >= 15 is 0 Å². The lowest BCUT2D eigenvalue weighted by molar-refractivity contribution is -0.157. The second-order valence-corrected chi connectivity index (χ2v) is 10.9. The molecule has 0 aliphatic rings.